The topological polar surface area (TPSA) is 74.3 Å². The van der Waals surface area contributed by atoms with Crippen molar-refractivity contribution in [2.45, 2.75) is 45.5 Å². The third-order valence-electron chi connectivity index (χ3n) is 7.78. The molecule has 2 aliphatic rings. The van der Waals surface area contributed by atoms with Gasteiger partial charge in [-0.05, 0) is 28.8 Å². The Labute approximate surface area is 231 Å². The van der Waals surface area contributed by atoms with E-state index in [0.29, 0.717) is 0 Å². The Bertz CT molecular complexity index is 1190. The van der Waals surface area contributed by atoms with Gasteiger partial charge in [0.05, 0.1) is 18.8 Å². The molecule has 206 valence electrons. The fourth-order valence-electron chi connectivity index (χ4n) is 5.48. The number of hydrogen-bond acceptors (Lipinski definition) is 6. The number of amides is 1. The van der Waals surface area contributed by atoms with E-state index in [4.69, 9.17) is 9.47 Å². The van der Waals surface area contributed by atoms with Crippen LogP contribution in [0, 0.1) is 5.92 Å². The van der Waals surface area contributed by atoms with E-state index in [1.807, 2.05) is 48.5 Å². The largest absolute Gasteiger partial charge is 0.392 e. The first-order valence-corrected chi connectivity index (χ1v) is 13.9. The number of carbonyl (C=O) groups is 1. The maximum absolute atomic E-state index is 11.4. The van der Waals surface area contributed by atoms with Crippen molar-refractivity contribution < 1.29 is 19.4 Å². The van der Waals surface area contributed by atoms with E-state index in [0.717, 1.165) is 61.6 Å². The van der Waals surface area contributed by atoms with E-state index in [1.54, 1.807) is 0 Å². The summed E-state index contributed by atoms with van der Waals surface area (Å²) in [6.07, 6.45) is -0.669. The number of hydrogen-bond donors (Lipinski definition) is 2. The fraction of sp³-hybridized carbons (Fsp3) is 0.406. The summed E-state index contributed by atoms with van der Waals surface area (Å²) in [6.45, 7) is 9.64. The molecular weight excluding hydrogens is 490 g/mol. The van der Waals surface area contributed by atoms with Crippen molar-refractivity contribution in [3.63, 3.8) is 0 Å². The zero-order valence-electron chi connectivity index (χ0n) is 22.8. The van der Waals surface area contributed by atoms with Crippen molar-refractivity contribution >= 4 is 11.6 Å². The molecule has 2 aliphatic heterocycles. The zero-order valence-corrected chi connectivity index (χ0v) is 22.8. The average Bonchev–Trinajstić information content (AvgIpc) is 2.96. The summed E-state index contributed by atoms with van der Waals surface area (Å²) in [4.78, 5) is 16.5. The molecule has 2 heterocycles. The average molecular weight is 530 g/mol. The monoisotopic (exact) mass is 529 g/mol. The van der Waals surface area contributed by atoms with E-state index in [2.05, 4.69) is 52.4 Å². The second kappa shape index (κ2) is 12.9. The molecule has 0 aliphatic carbocycles. The highest BCUT2D eigenvalue weighted by Gasteiger charge is 2.39. The Balaban J connectivity index is 1.28. The Morgan fingerprint density at radius 3 is 2.13 bits per heavy atom. The zero-order chi connectivity index (χ0) is 27.2. The molecule has 2 saturated heterocycles. The molecule has 0 spiro atoms. The number of carbonyl (C=O) groups excluding carboxylic acids is 1. The van der Waals surface area contributed by atoms with Gasteiger partial charge in [-0.2, -0.15) is 0 Å². The molecule has 2 N–H and O–H groups in total. The van der Waals surface area contributed by atoms with Crippen LogP contribution in [0.5, 0.6) is 0 Å². The lowest BCUT2D eigenvalue weighted by molar-refractivity contribution is -0.276. The van der Waals surface area contributed by atoms with Crippen LogP contribution in [-0.2, 0) is 27.4 Å². The molecule has 4 atom stereocenters. The quantitative estimate of drug-likeness (QED) is 0.439. The summed E-state index contributed by atoms with van der Waals surface area (Å²) in [7, 11) is 0. The third kappa shape index (κ3) is 7.12. The van der Waals surface area contributed by atoms with Gasteiger partial charge in [0.2, 0.25) is 5.91 Å². The van der Waals surface area contributed by atoms with Crippen molar-refractivity contribution in [3.8, 4) is 0 Å². The van der Waals surface area contributed by atoms with E-state index in [-0.39, 0.29) is 30.6 Å². The number of benzene rings is 3. The summed E-state index contributed by atoms with van der Waals surface area (Å²) in [5.41, 5.74) is 4.99. The molecule has 0 unspecified atom stereocenters. The van der Waals surface area contributed by atoms with Crippen LogP contribution in [-0.4, -0.2) is 59.6 Å². The van der Waals surface area contributed by atoms with E-state index in [1.165, 1.54) is 12.5 Å². The van der Waals surface area contributed by atoms with E-state index >= 15 is 0 Å². The van der Waals surface area contributed by atoms with Gasteiger partial charge in [-0.3, -0.25) is 14.6 Å². The number of nitrogens with one attached hydrogen (secondary N) is 1. The Kier molecular flexibility index (Phi) is 9.06. The summed E-state index contributed by atoms with van der Waals surface area (Å²) < 4.78 is 13.2. The minimum atomic E-state index is -0.514. The molecule has 5 rings (SSSR count). The van der Waals surface area contributed by atoms with Crippen molar-refractivity contribution in [2.75, 3.05) is 38.0 Å². The first-order chi connectivity index (χ1) is 19.0. The van der Waals surface area contributed by atoms with Crippen LogP contribution < -0.4 is 5.32 Å². The molecule has 0 aromatic heterocycles. The first-order valence-electron chi connectivity index (χ1n) is 13.9. The predicted molar refractivity (Wildman–Crippen MR) is 152 cm³/mol. The van der Waals surface area contributed by atoms with Crippen LogP contribution in [0.3, 0.4) is 0 Å². The Morgan fingerprint density at radius 1 is 0.846 bits per heavy atom. The number of piperazine rings is 1. The standard InChI is InChI=1S/C32H39N3O4/c1-23-30(21-35-18-16-34(17-19-35)20-25-6-4-3-5-7-25)38-32(28-12-14-29(15-13-28)33-24(2)37)39-31(23)27-10-8-26(22-36)9-11-27/h3-15,23,30-32,36H,16-22H2,1-2H3,(H,33,37)/t23-,30+,31+,32+/m1/s1. The predicted octanol–water partition coefficient (Wildman–Crippen LogP) is 4.75. The highest BCUT2D eigenvalue weighted by Crippen LogP contribution is 2.42. The fourth-order valence-corrected chi connectivity index (χ4v) is 5.48. The SMILES string of the molecule is CC(=O)Nc1ccc([C@H]2O[C@@H](CN3CCN(Cc4ccccc4)CC3)[C@@H](C)[C@@H](c3ccc(CO)cc3)O2)cc1. The smallest absolute Gasteiger partial charge is 0.221 e. The highest BCUT2D eigenvalue weighted by atomic mass is 16.7. The Hall–Kier alpha value is -3.07. The van der Waals surface area contributed by atoms with Crippen LogP contribution in [0.25, 0.3) is 0 Å². The molecule has 0 saturated carbocycles. The summed E-state index contributed by atoms with van der Waals surface area (Å²) >= 11 is 0. The summed E-state index contributed by atoms with van der Waals surface area (Å²) in [5, 5.41) is 12.3. The molecule has 7 heteroatoms. The first kappa shape index (κ1) is 27.5. The van der Waals surface area contributed by atoms with Gasteiger partial charge in [-0.15, -0.1) is 0 Å². The molecule has 0 radical (unpaired) electrons. The van der Waals surface area contributed by atoms with Gasteiger partial charge in [0.15, 0.2) is 6.29 Å². The van der Waals surface area contributed by atoms with Gasteiger partial charge in [-0.1, -0.05) is 73.7 Å². The van der Waals surface area contributed by atoms with Crippen molar-refractivity contribution in [3.05, 3.63) is 101 Å². The lowest BCUT2D eigenvalue weighted by Crippen LogP contribution is -2.51. The number of anilines is 1. The van der Waals surface area contributed by atoms with Gasteiger partial charge >= 0.3 is 0 Å². The number of aliphatic hydroxyl groups is 1. The number of rotatable bonds is 8. The van der Waals surface area contributed by atoms with E-state index in [9.17, 15) is 9.90 Å². The van der Waals surface area contributed by atoms with Gasteiger partial charge in [-0.25, -0.2) is 0 Å². The molecule has 0 bridgehead atoms. The van der Waals surface area contributed by atoms with Crippen LogP contribution in [0.4, 0.5) is 5.69 Å². The minimum Gasteiger partial charge on any atom is -0.392 e. The number of aliphatic hydroxyl groups excluding tert-OH is 1. The molecule has 3 aromatic rings. The Morgan fingerprint density at radius 2 is 1.49 bits per heavy atom. The molecule has 2 fully saturated rings. The van der Waals surface area contributed by atoms with Crippen LogP contribution in [0.2, 0.25) is 0 Å². The van der Waals surface area contributed by atoms with Gasteiger partial charge in [0.25, 0.3) is 0 Å². The third-order valence-corrected chi connectivity index (χ3v) is 7.78. The summed E-state index contributed by atoms with van der Waals surface area (Å²) in [5.74, 6) is 0.0410. The van der Waals surface area contributed by atoms with Crippen molar-refractivity contribution in [1.29, 1.82) is 0 Å². The normalized spacial score (nSPS) is 24.4. The summed E-state index contributed by atoms with van der Waals surface area (Å²) in [6, 6.07) is 26.4. The minimum absolute atomic E-state index is 0.0121. The van der Waals surface area contributed by atoms with Gasteiger partial charge in [0, 0.05) is 63.4 Å². The van der Waals surface area contributed by atoms with Crippen LogP contribution >= 0.6 is 0 Å². The maximum atomic E-state index is 11.4. The lowest BCUT2D eigenvalue weighted by atomic mass is 9.90. The van der Waals surface area contributed by atoms with Crippen LogP contribution in [0.1, 0.15) is 48.5 Å². The van der Waals surface area contributed by atoms with Gasteiger partial charge < -0.3 is 19.9 Å². The second-order valence-corrected chi connectivity index (χ2v) is 10.7. The highest BCUT2D eigenvalue weighted by molar-refractivity contribution is 5.88. The van der Waals surface area contributed by atoms with Gasteiger partial charge in [0.1, 0.15) is 0 Å². The molecule has 1 amide bonds. The number of ether oxygens (including phenoxy) is 2. The van der Waals surface area contributed by atoms with E-state index < -0.39 is 6.29 Å². The molecule has 39 heavy (non-hydrogen) atoms. The molecule has 7 nitrogen and oxygen atoms in total. The second-order valence-electron chi connectivity index (χ2n) is 10.7. The van der Waals surface area contributed by atoms with Crippen molar-refractivity contribution in [1.82, 2.24) is 9.80 Å². The number of nitrogens with zero attached hydrogens (tertiary/aromatic N) is 2. The van der Waals surface area contributed by atoms with Crippen molar-refractivity contribution in [2.24, 2.45) is 5.92 Å². The maximum Gasteiger partial charge on any atom is 0.221 e. The molecule has 3 aromatic carbocycles. The lowest BCUT2D eigenvalue weighted by Gasteiger charge is -2.44. The molecular formula is C32H39N3O4. The van der Waals surface area contributed by atoms with Crippen LogP contribution in [0.15, 0.2) is 78.9 Å².